The van der Waals surface area contributed by atoms with E-state index in [0.717, 1.165) is 6.07 Å². The van der Waals surface area contributed by atoms with Gasteiger partial charge in [0, 0.05) is 28.2 Å². The number of carboxylic acids is 1. The predicted octanol–water partition coefficient (Wildman–Crippen LogP) is 7.24. The van der Waals surface area contributed by atoms with Crippen LogP contribution in [0.5, 0.6) is 0 Å². The number of nitrogens with one attached hydrogen (secondary N) is 2. The van der Waals surface area contributed by atoms with E-state index in [0.29, 0.717) is 17.7 Å². The number of carboxylic acid groups (broad SMARTS) is 1. The molecule has 214 valence electrons. The van der Waals surface area contributed by atoms with Crippen molar-refractivity contribution in [2.24, 2.45) is 5.41 Å². The van der Waals surface area contributed by atoms with Crippen LogP contribution in [0, 0.1) is 35.3 Å². The quantitative estimate of drug-likeness (QED) is 0.277. The number of carbonyl (C=O) groups is 2. The first-order chi connectivity index (χ1) is 19.2. The van der Waals surface area contributed by atoms with Gasteiger partial charge in [-0.25, -0.2) is 13.6 Å². The monoisotopic (exact) mass is 599 g/mol. The lowest BCUT2D eigenvalue weighted by molar-refractivity contribution is -0.118. The minimum absolute atomic E-state index is 0.0186. The number of anilines is 1. The van der Waals surface area contributed by atoms with Gasteiger partial charge in [0.1, 0.15) is 17.0 Å². The molecule has 10 heteroatoms. The van der Waals surface area contributed by atoms with Gasteiger partial charge in [-0.2, -0.15) is 5.26 Å². The molecule has 3 aromatic carbocycles. The molecular formula is C31H29Cl2F2N3O3. The summed E-state index contributed by atoms with van der Waals surface area (Å²) in [6, 6.07) is 12.9. The molecule has 1 heterocycles. The van der Waals surface area contributed by atoms with E-state index in [9.17, 15) is 20.0 Å². The standard InChI is InChI=1S/C31H29Cl2F2N3O3/c1-16-12-18(9-10-19(16)29(40)41)37-28(39)27-25(20-6-5-7-22(33)26(20)35)31(15-36,24(38-27)14-30(2,3)4)21-11-8-17(32)13-23(21)34/h5-13,24-25,27,38H,14H2,1-4H3,(H,37,39)(H,40,41)/t24?,25?,27-,31+/m1/s1. The molecule has 0 bridgehead atoms. The van der Waals surface area contributed by atoms with Gasteiger partial charge in [-0.3, -0.25) is 4.79 Å². The van der Waals surface area contributed by atoms with Crippen LogP contribution < -0.4 is 10.6 Å². The Labute approximate surface area is 247 Å². The molecule has 3 N–H and O–H groups in total. The molecule has 1 aliphatic rings. The van der Waals surface area contributed by atoms with Crippen molar-refractivity contribution in [2.75, 3.05) is 5.32 Å². The fourth-order valence-corrected chi connectivity index (χ4v) is 6.10. The lowest BCUT2D eigenvalue weighted by Crippen LogP contribution is -2.45. The highest BCUT2D eigenvalue weighted by molar-refractivity contribution is 6.31. The number of rotatable bonds is 6. The summed E-state index contributed by atoms with van der Waals surface area (Å²) in [5, 5.41) is 26.2. The second-order valence-electron chi connectivity index (χ2n) is 11.5. The van der Waals surface area contributed by atoms with Crippen LogP contribution in [0.4, 0.5) is 14.5 Å². The van der Waals surface area contributed by atoms with Crippen LogP contribution in [-0.2, 0) is 10.2 Å². The Bertz CT molecular complexity index is 1570. The number of aromatic carboxylic acids is 1. The van der Waals surface area contributed by atoms with Crippen LogP contribution in [0.15, 0.2) is 54.6 Å². The van der Waals surface area contributed by atoms with Crippen molar-refractivity contribution in [3.8, 4) is 6.07 Å². The molecule has 4 atom stereocenters. The third-order valence-corrected chi connectivity index (χ3v) is 7.98. The van der Waals surface area contributed by atoms with E-state index in [2.05, 4.69) is 16.7 Å². The topological polar surface area (TPSA) is 102 Å². The van der Waals surface area contributed by atoms with E-state index in [1.54, 1.807) is 6.92 Å². The van der Waals surface area contributed by atoms with Crippen LogP contribution in [-0.4, -0.2) is 29.1 Å². The molecule has 41 heavy (non-hydrogen) atoms. The molecule has 1 aliphatic heterocycles. The molecule has 1 fully saturated rings. The molecule has 2 unspecified atom stereocenters. The maximum Gasteiger partial charge on any atom is 0.335 e. The van der Waals surface area contributed by atoms with Gasteiger partial charge < -0.3 is 15.7 Å². The largest absolute Gasteiger partial charge is 0.478 e. The summed E-state index contributed by atoms with van der Waals surface area (Å²) in [6.07, 6.45) is 0.331. The van der Waals surface area contributed by atoms with Crippen molar-refractivity contribution in [1.29, 1.82) is 5.26 Å². The predicted molar refractivity (Wildman–Crippen MR) is 154 cm³/mol. The Morgan fingerprint density at radius 2 is 1.83 bits per heavy atom. The number of benzene rings is 3. The molecule has 0 radical (unpaired) electrons. The van der Waals surface area contributed by atoms with Crippen molar-refractivity contribution in [3.63, 3.8) is 0 Å². The zero-order valence-corrected chi connectivity index (χ0v) is 24.4. The normalized spacial score (nSPS) is 22.3. The van der Waals surface area contributed by atoms with Crippen molar-refractivity contribution in [1.82, 2.24) is 5.32 Å². The zero-order chi connectivity index (χ0) is 30.3. The first-order valence-electron chi connectivity index (χ1n) is 12.9. The van der Waals surface area contributed by atoms with Gasteiger partial charge in [-0.05, 0) is 66.3 Å². The first-order valence-corrected chi connectivity index (χ1v) is 13.7. The third kappa shape index (κ3) is 5.80. The van der Waals surface area contributed by atoms with Gasteiger partial charge in [-0.15, -0.1) is 0 Å². The third-order valence-electron chi connectivity index (χ3n) is 7.46. The maximum atomic E-state index is 15.7. The maximum absolute atomic E-state index is 15.7. The van der Waals surface area contributed by atoms with Crippen molar-refractivity contribution >= 4 is 40.8 Å². The lowest BCUT2D eigenvalue weighted by atomic mass is 9.62. The fourth-order valence-electron chi connectivity index (χ4n) is 5.76. The zero-order valence-electron chi connectivity index (χ0n) is 22.9. The van der Waals surface area contributed by atoms with E-state index in [1.165, 1.54) is 48.5 Å². The average Bonchev–Trinajstić information content (AvgIpc) is 3.18. The van der Waals surface area contributed by atoms with Crippen LogP contribution >= 0.6 is 23.2 Å². The number of aryl methyl sites for hydroxylation is 1. The number of nitriles is 1. The molecule has 6 nitrogen and oxygen atoms in total. The van der Waals surface area contributed by atoms with Crippen LogP contribution in [0.3, 0.4) is 0 Å². The summed E-state index contributed by atoms with van der Waals surface area (Å²) < 4.78 is 31.4. The van der Waals surface area contributed by atoms with Crippen LogP contribution in [0.25, 0.3) is 0 Å². The van der Waals surface area contributed by atoms with Gasteiger partial charge in [0.05, 0.1) is 22.7 Å². The minimum atomic E-state index is -1.75. The van der Waals surface area contributed by atoms with Gasteiger partial charge in [0.15, 0.2) is 0 Å². The molecule has 1 amide bonds. The van der Waals surface area contributed by atoms with Gasteiger partial charge in [0.25, 0.3) is 0 Å². The number of amides is 1. The number of nitrogens with zero attached hydrogens (tertiary/aromatic N) is 1. The summed E-state index contributed by atoms with van der Waals surface area (Å²) in [5.41, 5.74) is -1.36. The van der Waals surface area contributed by atoms with Crippen molar-refractivity contribution < 1.29 is 23.5 Å². The Kier molecular flexibility index (Phi) is 8.47. The molecule has 4 rings (SSSR count). The molecule has 0 spiro atoms. The highest BCUT2D eigenvalue weighted by Gasteiger charge is 2.61. The Morgan fingerprint density at radius 3 is 2.41 bits per heavy atom. The lowest BCUT2D eigenvalue weighted by Gasteiger charge is -2.37. The summed E-state index contributed by atoms with van der Waals surface area (Å²) in [6.45, 7) is 7.44. The van der Waals surface area contributed by atoms with Gasteiger partial charge in [0.2, 0.25) is 5.91 Å². The second-order valence-corrected chi connectivity index (χ2v) is 12.4. The molecule has 0 saturated carbocycles. The van der Waals surface area contributed by atoms with E-state index < -0.39 is 46.9 Å². The second kappa shape index (κ2) is 11.4. The molecule has 0 aliphatic carbocycles. The summed E-state index contributed by atoms with van der Waals surface area (Å²) in [5.74, 6) is -4.50. The fraction of sp³-hybridized carbons (Fsp3) is 0.323. The van der Waals surface area contributed by atoms with Crippen LogP contribution in [0.2, 0.25) is 10.0 Å². The average molecular weight is 600 g/mol. The molecule has 3 aromatic rings. The summed E-state index contributed by atoms with van der Waals surface area (Å²) >= 11 is 12.2. The van der Waals surface area contributed by atoms with Gasteiger partial charge >= 0.3 is 5.97 Å². The van der Waals surface area contributed by atoms with Gasteiger partial charge in [-0.1, -0.05) is 62.2 Å². The number of carbonyl (C=O) groups excluding carboxylic acids is 1. The Balaban J connectivity index is 1.93. The van der Waals surface area contributed by atoms with E-state index in [4.69, 9.17) is 23.2 Å². The minimum Gasteiger partial charge on any atom is -0.478 e. The Morgan fingerprint density at radius 1 is 1.12 bits per heavy atom. The van der Waals surface area contributed by atoms with E-state index in [1.807, 2.05) is 20.8 Å². The number of halogens is 4. The summed E-state index contributed by atoms with van der Waals surface area (Å²) in [4.78, 5) is 25.4. The molecular weight excluding hydrogens is 571 g/mol. The SMILES string of the molecule is Cc1cc(NC(=O)[C@@H]2NC(CC(C)(C)C)[C@](C#N)(c3ccc(Cl)cc3F)C2c2cccc(Cl)c2F)ccc1C(=O)O. The Hall–Kier alpha value is -3.51. The highest BCUT2D eigenvalue weighted by Crippen LogP contribution is 2.52. The van der Waals surface area contributed by atoms with Crippen molar-refractivity contribution in [2.45, 2.75) is 57.5 Å². The van der Waals surface area contributed by atoms with E-state index in [-0.39, 0.29) is 32.2 Å². The molecule has 1 saturated heterocycles. The van der Waals surface area contributed by atoms with Crippen LogP contribution in [0.1, 0.15) is 60.2 Å². The van der Waals surface area contributed by atoms with E-state index >= 15 is 8.78 Å². The smallest absolute Gasteiger partial charge is 0.335 e. The number of hydrogen-bond donors (Lipinski definition) is 3. The highest BCUT2D eigenvalue weighted by atomic mass is 35.5. The first kappa shape index (κ1) is 30.4. The number of hydrogen-bond acceptors (Lipinski definition) is 4. The molecule has 0 aromatic heterocycles. The summed E-state index contributed by atoms with van der Waals surface area (Å²) in [7, 11) is 0. The van der Waals surface area contributed by atoms with Crippen molar-refractivity contribution in [3.05, 3.63) is 98.5 Å².